The fourth-order valence-electron chi connectivity index (χ4n) is 3.91. The van der Waals surface area contributed by atoms with E-state index >= 15 is 0 Å². The molecule has 24 heavy (non-hydrogen) atoms. The van der Waals surface area contributed by atoms with Gasteiger partial charge in [-0.2, -0.15) is 0 Å². The monoisotopic (exact) mass is 359 g/mol. The van der Waals surface area contributed by atoms with E-state index in [9.17, 15) is 9.90 Å². The molecule has 0 spiro atoms. The molecule has 2 N–H and O–H groups in total. The van der Waals surface area contributed by atoms with Crippen molar-refractivity contribution in [3.05, 3.63) is 75.3 Å². The lowest BCUT2D eigenvalue weighted by atomic mass is 9.76. The van der Waals surface area contributed by atoms with Gasteiger partial charge in [-0.1, -0.05) is 53.6 Å². The van der Waals surface area contributed by atoms with Crippen molar-refractivity contribution >= 4 is 34.9 Å². The maximum absolute atomic E-state index is 11.6. The van der Waals surface area contributed by atoms with Crippen LogP contribution >= 0.6 is 23.2 Å². The fraction of sp³-hybridized carbons (Fsp3) is 0.211. The number of anilines is 1. The van der Waals surface area contributed by atoms with Crippen LogP contribution in [-0.2, 0) is 0 Å². The second kappa shape index (κ2) is 5.83. The number of nitrogens with one attached hydrogen (secondary N) is 1. The Bertz CT molecular complexity index is 862. The summed E-state index contributed by atoms with van der Waals surface area (Å²) in [5.74, 6) is -0.514. The third kappa shape index (κ3) is 2.40. The molecule has 0 saturated carbocycles. The highest BCUT2D eigenvalue weighted by atomic mass is 35.5. The Morgan fingerprint density at radius 3 is 2.79 bits per heavy atom. The topological polar surface area (TPSA) is 49.3 Å². The summed E-state index contributed by atoms with van der Waals surface area (Å²) in [6, 6.07) is 10.7. The standard InChI is InChI=1S/C19H15Cl2NO2/c20-10-8-15(21)17-11-6-3-7-12(11)18(22-16(17)9-10)13-4-1-2-5-14(13)19(23)24/h1-6,8-9,11-12,18,22H,7H2,(H,23,24)/t11-,12+,18+/m0/s1. The second-order valence-electron chi connectivity index (χ2n) is 6.22. The van der Waals surface area contributed by atoms with Crippen molar-refractivity contribution in [1.29, 1.82) is 0 Å². The van der Waals surface area contributed by atoms with Gasteiger partial charge in [0.1, 0.15) is 0 Å². The molecule has 4 rings (SSSR count). The molecule has 5 heteroatoms. The Morgan fingerprint density at radius 1 is 1.21 bits per heavy atom. The average molecular weight is 360 g/mol. The van der Waals surface area contributed by atoms with Crippen LogP contribution in [0.5, 0.6) is 0 Å². The van der Waals surface area contributed by atoms with E-state index in [1.807, 2.05) is 18.2 Å². The molecule has 1 aliphatic heterocycles. The molecule has 0 amide bonds. The van der Waals surface area contributed by atoms with Gasteiger partial charge in [0, 0.05) is 27.2 Å². The summed E-state index contributed by atoms with van der Waals surface area (Å²) in [5, 5.41) is 14.2. The molecule has 3 nitrogen and oxygen atoms in total. The highest BCUT2D eigenvalue weighted by Crippen LogP contribution is 2.52. The van der Waals surface area contributed by atoms with Crippen LogP contribution in [0.3, 0.4) is 0 Å². The van der Waals surface area contributed by atoms with Crippen LogP contribution in [0.25, 0.3) is 0 Å². The molecule has 2 aliphatic rings. The molecular formula is C19H15Cl2NO2. The van der Waals surface area contributed by atoms with Crippen LogP contribution in [0.1, 0.15) is 39.9 Å². The van der Waals surface area contributed by atoms with E-state index in [0.717, 1.165) is 23.2 Å². The van der Waals surface area contributed by atoms with Gasteiger partial charge in [0.15, 0.2) is 0 Å². The number of carboxylic acids is 1. The first kappa shape index (κ1) is 15.6. The number of aromatic carboxylic acids is 1. The van der Waals surface area contributed by atoms with Gasteiger partial charge in [-0.3, -0.25) is 0 Å². The maximum atomic E-state index is 11.6. The van der Waals surface area contributed by atoms with E-state index in [1.54, 1.807) is 18.2 Å². The molecule has 2 aromatic carbocycles. The molecule has 2 aromatic rings. The zero-order valence-electron chi connectivity index (χ0n) is 12.7. The smallest absolute Gasteiger partial charge is 0.336 e. The lowest BCUT2D eigenvalue weighted by Crippen LogP contribution is -2.30. The van der Waals surface area contributed by atoms with E-state index in [1.165, 1.54) is 0 Å². The first-order valence-corrected chi connectivity index (χ1v) is 8.56. The van der Waals surface area contributed by atoms with Crippen molar-refractivity contribution in [3.63, 3.8) is 0 Å². The Hall–Kier alpha value is -1.97. The Labute approximate surface area is 149 Å². The molecule has 0 aromatic heterocycles. The lowest BCUT2D eigenvalue weighted by molar-refractivity contribution is 0.0694. The van der Waals surface area contributed by atoms with Crippen molar-refractivity contribution in [2.45, 2.75) is 18.4 Å². The maximum Gasteiger partial charge on any atom is 0.336 e. The summed E-state index contributed by atoms with van der Waals surface area (Å²) in [6.45, 7) is 0. The van der Waals surface area contributed by atoms with Gasteiger partial charge >= 0.3 is 5.97 Å². The van der Waals surface area contributed by atoms with Crippen molar-refractivity contribution in [2.75, 3.05) is 5.32 Å². The van der Waals surface area contributed by atoms with Crippen molar-refractivity contribution in [3.8, 4) is 0 Å². The van der Waals surface area contributed by atoms with E-state index in [4.69, 9.17) is 23.2 Å². The van der Waals surface area contributed by atoms with Gasteiger partial charge in [-0.25, -0.2) is 4.79 Å². The van der Waals surface area contributed by atoms with Crippen LogP contribution in [0.4, 0.5) is 5.69 Å². The number of carboxylic acid groups (broad SMARTS) is 1. The number of halogens is 2. The first-order valence-electron chi connectivity index (χ1n) is 7.80. The molecule has 0 fully saturated rings. The summed E-state index contributed by atoms with van der Waals surface area (Å²) in [6.07, 6.45) is 5.20. The summed E-state index contributed by atoms with van der Waals surface area (Å²) in [7, 11) is 0. The molecule has 0 radical (unpaired) electrons. The summed E-state index contributed by atoms with van der Waals surface area (Å²) in [4.78, 5) is 11.6. The Morgan fingerprint density at radius 2 is 2.00 bits per heavy atom. The third-order valence-corrected chi connectivity index (χ3v) is 5.44. The van der Waals surface area contributed by atoms with Gasteiger partial charge in [-0.15, -0.1) is 0 Å². The molecule has 0 unspecified atom stereocenters. The number of hydrogen-bond donors (Lipinski definition) is 2. The number of carbonyl (C=O) groups is 1. The molecule has 0 saturated heterocycles. The first-order chi connectivity index (χ1) is 11.6. The SMILES string of the molecule is O=C(O)c1ccccc1[C@@H]1Nc2cc(Cl)cc(Cl)c2[C@H]2C=CC[C@H]21. The number of fused-ring (bicyclic) bond motifs is 3. The summed E-state index contributed by atoms with van der Waals surface area (Å²) >= 11 is 12.6. The van der Waals surface area contributed by atoms with Gasteiger partial charge in [-0.05, 0) is 36.1 Å². The largest absolute Gasteiger partial charge is 0.478 e. The normalized spacial score (nSPS) is 24.2. The van der Waals surface area contributed by atoms with Crippen LogP contribution in [0, 0.1) is 5.92 Å². The van der Waals surface area contributed by atoms with Crippen LogP contribution in [0.2, 0.25) is 10.0 Å². The Kier molecular flexibility index (Phi) is 3.78. The second-order valence-corrected chi connectivity index (χ2v) is 7.06. The molecule has 3 atom stereocenters. The molecule has 1 aliphatic carbocycles. The number of benzene rings is 2. The zero-order valence-corrected chi connectivity index (χ0v) is 14.2. The average Bonchev–Trinajstić information content (AvgIpc) is 3.02. The van der Waals surface area contributed by atoms with Crippen LogP contribution in [-0.4, -0.2) is 11.1 Å². The molecule has 0 bridgehead atoms. The molecular weight excluding hydrogens is 345 g/mol. The Balaban J connectivity index is 1.86. The summed E-state index contributed by atoms with van der Waals surface area (Å²) in [5.41, 5.74) is 3.05. The predicted molar refractivity (Wildman–Crippen MR) is 96.2 cm³/mol. The molecule has 122 valence electrons. The lowest BCUT2D eigenvalue weighted by Gasteiger charge is -2.38. The molecule has 1 heterocycles. The zero-order chi connectivity index (χ0) is 16.8. The minimum absolute atomic E-state index is 0.0978. The van der Waals surface area contributed by atoms with Gasteiger partial charge in [0.2, 0.25) is 0 Å². The van der Waals surface area contributed by atoms with Gasteiger partial charge in [0.05, 0.1) is 11.6 Å². The minimum atomic E-state index is -0.912. The number of hydrogen-bond acceptors (Lipinski definition) is 2. The van der Waals surface area contributed by atoms with Crippen LogP contribution < -0.4 is 5.32 Å². The van der Waals surface area contributed by atoms with Crippen molar-refractivity contribution < 1.29 is 9.90 Å². The van der Waals surface area contributed by atoms with E-state index in [-0.39, 0.29) is 17.9 Å². The van der Waals surface area contributed by atoms with E-state index in [0.29, 0.717) is 15.6 Å². The highest BCUT2D eigenvalue weighted by molar-refractivity contribution is 6.35. The minimum Gasteiger partial charge on any atom is -0.478 e. The van der Waals surface area contributed by atoms with E-state index in [2.05, 4.69) is 17.5 Å². The van der Waals surface area contributed by atoms with E-state index < -0.39 is 5.97 Å². The van der Waals surface area contributed by atoms with Gasteiger partial charge < -0.3 is 10.4 Å². The van der Waals surface area contributed by atoms with Crippen molar-refractivity contribution in [2.24, 2.45) is 5.92 Å². The number of allylic oxidation sites excluding steroid dienone is 2. The van der Waals surface area contributed by atoms with Gasteiger partial charge in [0.25, 0.3) is 0 Å². The van der Waals surface area contributed by atoms with Crippen LogP contribution in [0.15, 0.2) is 48.6 Å². The summed E-state index contributed by atoms with van der Waals surface area (Å²) < 4.78 is 0. The third-order valence-electron chi connectivity index (χ3n) is 4.91. The fourth-order valence-corrected chi connectivity index (χ4v) is 4.53. The predicted octanol–water partition coefficient (Wildman–Crippen LogP) is 5.52. The highest BCUT2D eigenvalue weighted by Gasteiger charge is 2.40. The van der Waals surface area contributed by atoms with Crippen molar-refractivity contribution in [1.82, 2.24) is 0 Å². The number of rotatable bonds is 2. The quantitative estimate of drug-likeness (QED) is 0.694.